The SMILES string of the molecule is CCc1ccc2oc(-c3ccc(NC(=O)c4cccs4)cc3)nc2c1. The van der Waals surface area contributed by atoms with Crippen LogP contribution >= 0.6 is 11.3 Å². The fourth-order valence-electron chi connectivity index (χ4n) is 2.61. The first kappa shape index (κ1) is 15.6. The molecule has 2 aromatic heterocycles. The molecule has 0 radical (unpaired) electrons. The minimum atomic E-state index is -0.100. The second kappa shape index (κ2) is 6.53. The molecular weight excluding hydrogens is 332 g/mol. The molecule has 0 aliphatic heterocycles. The highest BCUT2D eigenvalue weighted by molar-refractivity contribution is 7.12. The molecule has 4 rings (SSSR count). The summed E-state index contributed by atoms with van der Waals surface area (Å²) < 4.78 is 5.84. The molecule has 25 heavy (non-hydrogen) atoms. The van der Waals surface area contributed by atoms with E-state index in [1.807, 2.05) is 41.8 Å². The third-order valence-corrected chi connectivity index (χ3v) is 4.86. The average molecular weight is 348 g/mol. The van der Waals surface area contributed by atoms with Gasteiger partial charge in [0.2, 0.25) is 5.89 Å². The van der Waals surface area contributed by atoms with Crippen LogP contribution in [0.15, 0.2) is 64.4 Å². The molecule has 1 amide bonds. The van der Waals surface area contributed by atoms with Gasteiger partial charge in [-0.2, -0.15) is 0 Å². The number of nitrogens with one attached hydrogen (secondary N) is 1. The Morgan fingerprint density at radius 3 is 2.72 bits per heavy atom. The normalized spacial score (nSPS) is 10.9. The molecule has 5 heteroatoms. The number of benzene rings is 2. The van der Waals surface area contributed by atoms with Gasteiger partial charge < -0.3 is 9.73 Å². The number of carbonyl (C=O) groups excluding carboxylic acids is 1. The number of aromatic nitrogens is 1. The molecule has 2 aromatic carbocycles. The Hall–Kier alpha value is -2.92. The van der Waals surface area contributed by atoms with Crippen molar-refractivity contribution in [2.75, 3.05) is 5.32 Å². The van der Waals surface area contributed by atoms with Crippen molar-refractivity contribution >= 4 is 34.0 Å². The van der Waals surface area contributed by atoms with Crippen LogP contribution in [0.5, 0.6) is 0 Å². The van der Waals surface area contributed by atoms with Gasteiger partial charge in [-0.05, 0) is 59.8 Å². The summed E-state index contributed by atoms with van der Waals surface area (Å²) in [7, 11) is 0. The molecule has 1 N–H and O–H groups in total. The largest absolute Gasteiger partial charge is 0.436 e. The molecule has 0 aliphatic carbocycles. The third-order valence-electron chi connectivity index (χ3n) is 3.99. The summed E-state index contributed by atoms with van der Waals surface area (Å²) in [5.41, 5.74) is 4.50. The number of hydrogen-bond acceptors (Lipinski definition) is 4. The number of anilines is 1. The van der Waals surface area contributed by atoms with Crippen LogP contribution in [-0.4, -0.2) is 10.9 Å². The van der Waals surface area contributed by atoms with Crippen LogP contribution in [0.4, 0.5) is 5.69 Å². The summed E-state index contributed by atoms with van der Waals surface area (Å²) in [5, 5.41) is 4.77. The van der Waals surface area contributed by atoms with Crippen LogP contribution in [0.3, 0.4) is 0 Å². The highest BCUT2D eigenvalue weighted by Crippen LogP contribution is 2.26. The van der Waals surface area contributed by atoms with Gasteiger partial charge in [0.05, 0.1) is 4.88 Å². The van der Waals surface area contributed by atoms with E-state index in [0.717, 1.165) is 28.8 Å². The van der Waals surface area contributed by atoms with E-state index < -0.39 is 0 Å². The number of fused-ring (bicyclic) bond motifs is 1. The van der Waals surface area contributed by atoms with E-state index in [9.17, 15) is 4.79 Å². The Balaban J connectivity index is 1.56. The number of thiophene rings is 1. The Morgan fingerprint density at radius 1 is 1.16 bits per heavy atom. The van der Waals surface area contributed by atoms with E-state index in [1.165, 1.54) is 16.9 Å². The molecule has 0 atom stereocenters. The molecule has 4 nitrogen and oxygen atoms in total. The van der Waals surface area contributed by atoms with Gasteiger partial charge in [-0.25, -0.2) is 4.98 Å². The minimum Gasteiger partial charge on any atom is -0.436 e. The molecule has 2 heterocycles. The lowest BCUT2D eigenvalue weighted by Crippen LogP contribution is -2.09. The van der Waals surface area contributed by atoms with Crippen molar-refractivity contribution in [3.05, 3.63) is 70.4 Å². The molecular formula is C20H16N2O2S. The van der Waals surface area contributed by atoms with E-state index in [4.69, 9.17) is 4.42 Å². The third kappa shape index (κ3) is 3.19. The maximum atomic E-state index is 12.1. The number of hydrogen-bond donors (Lipinski definition) is 1. The van der Waals surface area contributed by atoms with Crippen molar-refractivity contribution < 1.29 is 9.21 Å². The number of rotatable bonds is 4. The maximum absolute atomic E-state index is 12.1. The van der Waals surface area contributed by atoms with Crippen LogP contribution in [-0.2, 0) is 6.42 Å². The Labute approximate surface area is 149 Å². The van der Waals surface area contributed by atoms with E-state index in [1.54, 1.807) is 6.07 Å². The molecule has 0 saturated carbocycles. The second-order valence-electron chi connectivity index (χ2n) is 5.68. The van der Waals surface area contributed by atoms with Crippen molar-refractivity contribution in [3.63, 3.8) is 0 Å². The van der Waals surface area contributed by atoms with Crippen LogP contribution in [0.2, 0.25) is 0 Å². The highest BCUT2D eigenvalue weighted by atomic mass is 32.1. The van der Waals surface area contributed by atoms with Crippen LogP contribution in [0.1, 0.15) is 22.2 Å². The molecule has 0 spiro atoms. The summed E-state index contributed by atoms with van der Waals surface area (Å²) in [4.78, 5) is 17.3. The molecule has 0 aliphatic rings. The number of oxazole rings is 1. The lowest BCUT2D eigenvalue weighted by molar-refractivity contribution is 0.103. The fraction of sp³-hybridized carbons (Fsp3) is 0.100. The summed E-state index contributed by atoms with van der Waals surface area (Å²) in [6.45, 7) is 2.12. The lowest BCUT2D eigenvalue weighted by atomic mass is 10.1. The van der Waals surface area contributed by atoms with E-state index in [2.05, 4.69) is 29.4 Å². The summed E-state index contributed by atoms with van der Waals surface area (Å²) in [5.74, 6) is 0.482. The first-order valence-electron chi connectivity index (χ1n) is 8.07. The van der Waals surface area contributed by atoms with Crippen LogP contribution in [0, 0.1) is 0 Å². The smallest absolute Gasteiger partial charge is 0.265 e. The fourth-order valence-corrected chi connectivity index (χ4v) is 3.23. The second-order valence-corrected chi connectivity index (χ2v) is 6.63. The van der Waals surface area contributed by atoms with E-state index >= 15 is 0 Å². The minimum absolute atomic E-state index is 0.100. The predicted molar refractivity (Wildman–Crippen MR) is 101 cm³/mol. The van der Waals surface area contributed by atoms with Gasteiger partial charge >= 0.3 is 0 Å². The maximum Gasteiger partial charge on any atom is 0.265 e. The molecule has 124 valence electrons. The number of aryl methyl sites for hydroxylation is 1. The topological polar surface area (TPSA) is 55.1 Å². The first-order chi connectivity index (χ1) is 12.2. The molecule has 0 bridgehead atoms. The predicted octanol–water partition coefficient (Wildman–Crippen LogP) is 5.37. The standard InChI is InChI=1S/C20H16N2O2S/c1-2-13-5-10-17-16(12-13)22-20(24-17)14-6-8-15(9-7-14)21-19(23)18-4-3-11-25-18/h3-12H,2H2,1H3,(H,21,23). The van der Waals surface area contributed by atoms with E-state index in [0.29, 0.717) is 10.8 Å². The van der Waals surface area contributed by atoms with Crippen molar-refractivity contribution in [1.29, 1.82) is 0 Å². The van der Waals surface area contributed by atoms with Crippen molar-refractivity contribution in [3.8, 4) is 11.5 Å². The quantitative estimate of drug-likeness (QED) is 0.539. The van der Waals surface area contributed by atoms with Gasteiger partial charge in [0.25, 0.3) is 5.91 Å². The first-order valence-corrected chi connectivity index (χ1v) is 8.95. The van der Waals surface area contributed by atoms with E-state index in [-0.39, 0.29) is 5.91 Å². The van der Waals surface area contributed by atoms with Crippen molar-refractivity contribution in [2.24, 2.45) is 0 Å². The lowest BCUT2D eigenvalue weighted by Gasteiger charge is -2.04. The van der Waals surface area contributed by atoms with Gasteiger partial charge in [0.15, 0.2) is 5.58 Å². The Bertz CT molecular complexity index is 1020. The number of carbonyl (C=O) groups is 1. The Morgan fingerprint density at radius 2 is 2.00 bits per heavy atom. The van der Waals surface area contributed by atoms with Crippen LogP contribution < -0.4 is 5.32 Å². The van der Waals surface area contributed by atoms with Crippen molar-refractivity contribution in [1.82, 2.24) is 4.98 Å². The van der Waals surface area contributed by atoms with Crippen molar-refractivity contribution in [2.45, 2.75) is 13.3 Å². The molecule has 0 unspecified atom stereocenters. The zero-order valence-electron chi connectivity index (χ0n) is 13.7. The van der Waals surface area contributed by atoms with Gasteiger partial charge in [0, 0.05) is 11.3 Å². The number of amides is 1. The monoisotopic (exact) mass is 348 g/mol. The zero-order chi connectivity index (χ0) is 17.2. The van der Waals surface area contributed by atoms with Gasteiger partial charge in [-0.3, -0.25) is 4.79 Å². The summed E-state index contributed by atoms with van der Waals surface area (Å²) in [6.07, 6.45) is 0.969. The molecule has 0 fully saturated rings. The van der Waals surface area contributed by atoms with Crippen LogP contribution in [0.25, 0.3) is 22.6 Å². The molecule has 4 aromatic rings. The van der Waals surface area contributed by atoms with Gasteiger partial charge in [0.1, 0.15) is 5.52 Å². The highest BCUT2D eigenvalue weighted by Gasteiger charge is 2.10. The average Bonchev–Trinajstić information content (AvgIpc) is 3.31. The number of nitrogens with zero attached hydrogens (tertiary/aromatic N) is 1. The van der Waals surface area contributed by atoms with Gasteiger partial charge in [-0.15, -0.1) is 11.3 Å². The molecule has 0 saturated heterocycles. The zero-order valence-corrected chi connectivity index (χ0v) is 14.5. The summed E-state index contributed by atoms with van der Waals surface area (Å²) >= 11 is 1.42. The van der Waals surface area contributed by atoms with Gasteiger partial charge in [-0.1, -0.05) is 19.1 Å². The summed E-state index contributed by atoms with van der Waals surface area (Å²) in [6, 6.07) is 17.2. The Kier molecular flexibility index (Phi) is 4.07.